The third-order valence-corrected chi connectivity index (χ3v) is 3.81. The first-order chi connectivity index (χ1) is 12.4. The van der Waals surface area contributed by atoms with Crippen LogP contribution in [0.4, 0.5) is 4.79 Å². The van der Waals surface area contributed by atoms with E-state index in [0.29, 0.717) is 0 Å². The summed E-state index contributed by atoms with van der Waals surface area (Å²) in [5.41, 5.74) is 0. The molecule has 0 heterocycles. The topological polar surface area (TPSA) is 116 Å². The molecule has 0 aliphatic heterocycles. The Bertz CT molecular complexity index is 596. The van der Waals surface area contributed by atoms with Crippen molar-refractivity contribution in [3.8, 4) is 5.75 Å². The Labute approximate surface area is 160 Å². The molecule has 1 amide bonds. The molecular formula is C16H20Cl2N2O6. The Balaban J connectivity index is 2.81. The van der Waals surface area contributed by atoms with Gasteiger partial charge in [-0.05, 0) is 12.1 Å². The fraction of sp³-hybridized carbons (Fsp3) is 0.438. The van der Waals surface area contributed by atoms with Crippen LogP contribution in [-0.4, -0.2) is 70.1 Å². The summed E-state index contributed by atoms with van der Waals surface area (Å²) in [7, 11) is 0. The second-order valence-corrected chi connectivity index (χ2v) is 6.00. The fourth-order valence-electron chi connectivity index (χ4n) is 2.26. The highest BCUT2D eigenvalue weighted by molar-refractivity contribution is 6.18. The number of nitrogens with zero attached hydrogens (tertiary/aromatic N) is 1. The van der Waals surface area contributed by atoms with Crippen molar-refractivity contribution in [1.82, 2.24) is 10.2 Å². The number of benzene rings is 1. The van der Waals surface area contributed by atoms with E-state index in [4.69, 9.17) is 27.9 Å². The molecule has 26 heavy (non-hydrogen) atoms. The first-order valence-corrected chi connectivity index (χ1v) is 8.81. The van der Waals surface area contributed by atoms with Crippen molar-refractivity contribution >= 4 is 41.2 Å². The molecule has 0 saturated heterocycles. The van der Waals surface area contributed by atoms with E-state index in [1.165, 1.54) is 17.0 Å². The van der Waals surface area contributed by atoms with Gasteiger partial charge < -0.3 is 20.3 Å². The molecule has 10 heteroatoms. The zero-order chi connectivity index (χ0) is 19.5. The van der Waals surface area contributed by atoms with E-state index in [0.717, 1.165) is 0 Å². The molecular weight excluding hydrogens is 387 g/mol. The molecule has 0 bridgehead atoms. The molecule has 0 radical (unpaired) electrons. The number of nitrogens with one attached hydrogen (secondary N) is 1. The first-order valence-electron chi connectivity index (χ1n) is 7.74. The Hall–Kier alpha value is -2.03. The smallest absolute Gasteiger partial charge is 0.413 e. The fourth-order valence-corrected chi connectivity index (χ4v) is 2.69. The molecule has 1 rings (SSSR count). The van der Waals surface area contributed by atoms with Crippen molar-refractivity contribution in [2.75, 3.05) is 24.8 Å². The van der Waals surface area contributed by atoms with Crippen LogP contribution in [0.3, 0.4) is 0 Å². The maximum absolute atomic E-state index is 11.9. The van der Waals surface area contributed by atoms with Gasteiger partial charge in [0.25, 0.3) is 0 Å². The lowest BCUT2D eigenvalue weighted by Crippen LogP contribution is -2.51. The average molecular weight is 407 g/mol. The van der Waals surface area contributed by atoms with Gasteiger partial charge in [0, 0.05) is 31.3 Å². The minimum absolute atomic E-state index is 0.155. The zero-order valence-electron chi connectivity index (χ0n) is 13.8. The summed E-state index contributed by atoms with van der Waals surface area (Å²) < 4.78 is 4.98. The van der Waals surface area contributed by atoms with Crippen molar-refractivity contribution in [1.29, 1.82) is 0 Å². The minimum atomic E-state index is -1.46. The maximum atomic E-state index is 11.9. The number of hydrogen-bond donors (Lipinski definition) is 3. The third kappa shape index (κ3) is 7.47. The molecule has 1 unspecified atom stereocenters. The number of carbonyl (C=O) groups excluding carboxylic acids is 1. The predicted octanol–water partition coefficient (Wildman–Crippen LogP) is 1.85. The second kappa shape index (κ2) is 11.6. The number of alkyl halides is 2. The molecule has 1 aromatic carbocycles. The van der Waals surface area contributed by atoms with Gasteiger partial charge in [0.05, 0.1) is 0 Å². The largest absolute Gasteiger partial charge is 0.480 e. The first kappa shape index (κ1) is 22.0. The molecule has 0 fully saturated rings. The zero-order valence-corrected chi connectivity index (χ0v) is 15.3. The van der Waals surface area contributed by atoms with Gasteiger partial charge in [0.1, 0.15) is 17.8 Å². The number of rotatable bonds is 11. The number of carboxylic acids is 2. The summed E-state index contributed by atoms with van der Waals surface area (Å²) in [6.07, 6.45) is -1.36. The number of amides is 1. The number of ether oxygens (including phenoxy) is 1. The monoisotopic (exact) mass is 406 g/mol. The number of carboxylic acid groups (broad SMARTS) is 2. The lowest BCUT2D eigenvalue weighted by Gasteiger charge is -2.29. The SMILES string of the molecule is O=C(N[C@@H](CC(C(=O)O)N(CCCl)CCCl)C(=O)O)Oc1ccccc1. The van der Waals surface area contributed by atoms with E-state index in [2.05, 4.69) is 5.32 Å². The van der Waals surface area contributed by atoms with Crippen LogP contribution in [0.1, 0.15) is 6.42 Å². The number of carbonyl (C=O) groups is 3. The van der Waals surface area contributed by atoms with E-state index >= 15 is 0 Å². The van der Waals surface area contributed by atoms with Gasteiger partial charge in [-0.2, -0.15) is 0 Å². The number of halogens is 2. The molecule has 3 N–H and O–H groups in total. The lowest BCUT2D eigenvalue weighted by molar-refractivity contribution is -0.145. The summed E-state index contributed by atoms with van der Waals surface area (Å²) >= 11 is 11.3. The number of para-hydroxylation sites is 1. The number of hydrogen-bond acceptors (Lipinski definition) is 5. The Kier molecular flexibility index (Phi) is 9.79. The predicted molar refractivity (Wildman–Crippen MR) is 96.1 cm³/mol. The van der Waals surface area contributed by atoms with Crippen LogP contribution >= 0.6 is 23.2 Å². The number of aliphatic carboxylic acids is 2. The highest BCUT2D eigenvalue weighted by Crippen LogP contribution is 2.12. The van der Waals surface area contributed by atoms with Crippen LogP contribution in [0.5, 0.6) is 5.75 Å². The quantitative estimate of drug-likeness (QED) is 0.480. The van der Waals surface area contributed by atoms with Gasteiger partial charge in [-0.1, -0.05) is 18.2 Å². The Morgan fingerprint density at radius 1 is 1.04 bits per heavy atom. The molecule has 0 aliphatic carbocycles. The third-order valence-electron chi connectivity index (χ3n) is 3.47. The van der Waals surface area contributed by atoms with Gasteiger partial charge in [-0.3, -0.25) is 9.69 Å². The summed E-state index contributed by atoms with van der Waals surface area (Å²) in [6, 6.07) is 5.44. The standard InChI is InChI=1S/C16H20Cl2N2O6/c17-6-8-20(9-7-18)13(15(23)24)10-12(14(21)22)19-16(25)26-11-4-2-1-3-5-11/h1-5,12-13H,6-10H2,(H,19,25)(H,21,22)(H,23,24)/t12-,13?/m0/s1. The van der Waals surface area contributed by atoms with Crippen molar-refractivity contribution in [2.24, 2.45) is 0 Å². The normalized spacial score (nSPS) is 13.0. The molecule has 0 spiro atoms. The molecule has 0 aliphatic rings. The van der Waals surface area contributed by atoms with Crippen LogP contribution < -0.4 is 10.1 Å². The summed E-state index contributed by atoms with van der Waals surface area (Å²) in [6.45, 7) is 0.429. The second-order valence-electron chi connectivity index (χ2n) is 5.24. The molecule has 0 aromatic heterocycles. The van der Waals surface area contributed by atoms with Gasteiger partial charge in [-0.15, -0.1) is 23.2 Å². The van der Waals surface area contributed by atoms with Crippen LogP contribution in [-0.2, 0) is 9.59 Å². The molecule has 2 atom stereocenters. The maximum Gasteiger partial charge on any atom is 0.413 e. The lowest BCUT2D eigenvalue weighted by atomic mass is 10.1. The van der Waals surface area contributed by atoms with E-state index in [9.17, 15) is 24.6 Å². The van der Waals surface area contributed by atoms with E-state index < -0.39 is 30.1 Å². The highest BCUT2D eigenvalue weighted by atomic mass is 35.5. The molecule has 8 nitrogen and oxygen atoms in total. The molecule has 144 valence electrons. The van der Waals surface area contributed by atoms with Gasteiger partial charge in [0.15, 0.2) is 0 Å². The Morgan fingerprint density at radius 3 is 2.08 bits per heavy atom. The van der Waals surface area contributed by atoms with Gasteiger partial charge in [-0.25, -0.2) is 9.59 Å². The van der Waals surface area contributed by atoms with Gasteiger partial charge in [0.2, 0.25) is 0 Å². The summed E-state index contributed by atoms with van der Waals surface area (Å²) in [5.74, 6) is -2.07. The summed E-state index contributed by atoms with van der Waals surface area (Å²) in [5, 5.41) is 20.9. The van der Waals surface area contributed by atoms with Crippen LogP contribution in [0.15, 0.2) is 30.3 Å². The van der Waals surface area contributed by atoms with E-state index in [1.807, 2.05) is 0 Å². The van der Waals surface area contributed by atoms with E-state index in [1.54, 1.807) is 18.2 Å². The Morgan fingerprint density at radius 2 is 1.62 bits per heavy atom. The average Bonchev–Trinajstić information content (AvgIpc) is 2.58. The minimum Gasteiger partial charge on any atom is -0.480 e. The van der Waals surface area contributed by atoms with Crippen molar-refractivity contribution in [2.45, 2.75) is 18.5 Å². The van der Waals surface area contributed by atoms with Crippen LogP contribution in [0.25, 0.3) is 0 Å². The van der Waals surface area contributed by atoms with Crippen molar-refractivity contribution in [3.05, 3.63) is 30.3 Å². The van der Waals surface area contributed by atoms with Crippen LogP contribution in [0, 0.1) is 0 Å². The van der Waals surface area contributed by atoms with Crippen LogP contribution in [0.2, 0.25) is 0 Å². The van der Waals surface area contributed by atoms with Crippen molar-refractivity contribution < 1.29 is 29.3 Å². The highest BCUT2D eigenvalue weighted by Gasteiger charge is 2.32. The van der Waals surface area contributed by atoms with Gasteiger partial charge >= 0.3 is 18.0 Å². The molecule has 0 saturated carbocycles. The van der Waals surface area contributed by atoms with E-state index in [-0.39, 0.29) is 37.0 Å². The van der Waals surface area contributed by atoms with Crippen molar-refractivity contribution in [3.63, 3.8) is 0 Å². The molecule has 1 aromatic rings. The summed E-state index contributed by atoms with van der Waals surface area (Å²) in [4.78, 5) is 36.4.